The van der Waals surface area contributed by atoms with Gasteiger partial charge in [0.2, 0.25) is 11.8 Å². The van der Waals surface area contributed by atoms with E-state index in [-0.39, 0.29) is 23.1 Å². The Bertz CT molecular complexity index is 373. The average molecular weight is 249 g/mol. The molecule has 0 radical (unpaired) electrons. The van der Waals surface area contributed by atoms with E-state index >= 15 is 0 Å². The monoisotopic (exact) mass is 249 g/mol. The van der Waals surface area contributed by atoms with Crippen molar-refractivity contribution < 1.29 is 9.59 Å². The highest BCUT2D eigenvalue weighted by atomic mass is 16.2. The van der Waals surface area contributed by atoms with Gasteiger partial charge in [-0.05, 0) is 36.5 Å². The lowest BCUT2D eigenvalue weighted by Gasteiger charge is -2.45. The van der Waals surface area contributed by atoms with Crippen LogP contribution in [0.25, 0.3) is 0 Å². The molecule has 3 unspecified atom stereocenters. The van der Waals surface area contributed by atoms with E-state index in [9.17, 15) is 9.59 Å². The van der Waals surface area contributed by atoms with E-state index in [0.29, 0.717) is 18.3 Å². The van der Waals surface area contributed by atoms with Gasteiger partial charge in [-0.3, -0.25) is 14.9 Å². The minimum atomic E-state index is -0.0389. The minimum absolute atomic E-state index is 0.00553. The number of hydrogen-bond acceptors (Lipinski definition) is 2. The molecule has 1 aliphatic heterocycles. The van der Waals surface area contributed by atoms with Crippen molar-refractivity contribution in [1.29, 1.82) is 0 Å². The average Bonchev–Trinajstić information content (AvgIpc) is 2.91. The maximum absolute atomic E-state index is 12.4. The summed E-state index contributed by atoms with van der Waals surface area (Å²) in [5.41, 5.74) is -0.00553. The molecule has 0 aromatic rings. The first-order valence-corrected chi connectivity index (χ1v) is 7.47. The van der Waals surface area contributed by atoms with Gasteiger partial charge in [-0.1, -0.05) is 32.6 Å². The van der Waals surface area contributed by atoms with Crippen molar-refractivity contribution in [2.45, 2.75) is 58.3 Å². The highest BCUT2D eigenvalue weighted by molar-refractivity contribution is 6.00. The van der Waals surface area contributed by atoms with Crippen molar-refractivity contribution in [3.05, 3.63) is 0 Å². The molecule has 2 amide bonds. The van der Waals surface area contributed by atoms with Crippen molar-refractivity contribution in [3.8, 4) is 0 Å². The lowest BCUT2D eigenvalue weighted by atomic mass is 9.60. The molecule has 3 nitrogen and oxygen atoms in total. The Morgan fingerprint density at radius 3 is 2.44 bits per heavy atom. The van der Waals surface area contributed by atoms with E-state index in [1.165, 1.54) is 38.5 Å². The highest BCUT2D eigenvalue weighted by Crippen LogP contribution is 2.56. The number of carbonyl (C=O) groups is 2. The Labute approximate surface area is 109 Å². The Kier molecular flexibility index (Phi) is 2.95. The number of hydrogen-bond donors (Lipinski definition) is 1. The van der Waals surface area contributed by atoms with Gasteiger partial charge < -0.3 is 0 Å². The molecule has 3 heteroatoms. The predicted molar refractivity (Wildman–Crippen MR) is 68.7 cm³/mol. The summed E-state index contributed by atoms with van der Waals surface area (Å²) >= 11 is 0. The summed E-state index contributed by atoms with van der Waals surface area (Å²) in [5.74, 6) is 1.15. The Morgan fingerprint density at radius 2 is 1.83 bits per heavy atom. The molecular weight excluding hydrogens is 226 g/mol. The minimum Gasteiger partial charge on any atom is -0.296 e. The van der Waals surface area contributed by atoms with Crippen LogP contribution >= 0.6 is 0 Å². The van der Waals surface area contributed by atoms with Crippen molar-refractivity contribution >= 4 is 11.8 Å². The second-order valence-electron chi connectivity index (χ2n) is 6.64. The van der Waals surface area contributed by atoms with Crippen LogP contribution < -0.4 is 5.32 Å². The first-order chi connectivity index (χ1) is 8.63. The molecule has 2 aliphatic carbocycles. The number of carbonyl (C=O) groups excluding carboxylic acids is 2. The molecule has 0 bridgehead atoms. The van der Waals surface area contributed by atoms with Gasteiger partial charge >= 0.3 is 0 Å². The summed E-state index contributed by atoms with van der Waals surface area (Å²) in [6.07, 6.45) is 8.91. The fourth-order valence-corrected chi connectivity index (χ4v) is 4.90. The van der Waals surface area contributed by atoms with Crippen LogP contribution in [0.5, 0.6) is 0 Å². The number of nitrogens with one attached hydrogen (secondary N) is 1. The normalized spacial score (nSPS) is 41.6. The van der Waals surface area contributed by atoms with Gasteiger partial charge in [0.15, 0.2) is 0 Å². The van der Waals surface area contributed by atoms with Gasteiger partial charge in [-0.15, -0.1) is 0 Å². The van der Waals surface area contributed by atoms with Crippen molar-refractivity contribution in [1.82, 2.24) is 5.32 Å². The lowest BCUT2D eigenvalue weighted by molar-refractivity contribution is -0.148. The van der Waals surface area contributed by atoms with Crippen LogP contribution in [0.1, 0.15) is 58.3 Å². The molecule has 1 N–H and O–H groups in total. The smallest absolute Gasteiger partial charge is 0.230 e. The van der Waals surface area contributed by atoms with E-state index in [1.54, 1.807) is 0 Å². The third-order valence-corrected chi connectivity index (χ3v) is 5.79. The molecule has 100 valence electrons. The molecule has 3 atom stereocenters. The molecule has 18 heavy (non-hydrogen) atoms. The van der Waals surface area contributed by atoms with Crippen LogP contribution in [0.15, 0.2) is 0 Å². The zero-order chi connectivity index (χ0) is 12.8. The third kappa shape index (κ3) is 1.70. The summed E-state index contributed by atoms with van der Waals surface area (Å²) in [6.45, 7) is 2.25. The molecule has 1 saturated heterocycles. The van der Waals surface area contributed by atoms with Crippen LogP contribution in [0, 0.1) is 23.2 Å². The molecule has 1 spiro atoms. The van der Waals surface area contributed by atoms with E-state index < -0.39 is 0 Å². The number of amides is 2. The van der Waals surface area contributed by atoms with Gasteiger partial charge in [0.05, 0.1) is 0 Å². The Balaban J connectivity index is 1.95. The van der Waals surface area contributed by atoms with Gasteiger partial charge in [-0.2, -0.15) is 0 Å². The first-order valence-electron chi connectivity index (χ1n) is 7.47. The van der Waals surface area contributed by atoms with Crippen LogP contribution in [0.2, 0.25) is 0 Å². The molecule has 0 aromatic carbocycles. The van der Waals surface area contributed by atoms with Gasteiger partial charge in [0, 0.05) is 12.3 Å². The van der Waals surface area contributed by atoms with Crippen molar-refractivity contribution in [2.24, 2.45) is 23.2 Å². The standard InChI is InChI=1S/C15H23NO2/c1-10-5-4-8-15(10)9-12(17)16-14(18)13(15)11-6-2-3-7-11/h10-11,13H,2-9H2,1H3,(H,16,17,18). The largest absolute Gasteiger partial charge is 0.296 e. The Hall–Kier alpha value is -0.860. The fraction of sp³-hybridized carbons (Fsp3) is 0.867. The van der Waals surface area contributed by atoms with Gasteiger partial charge in [0.25, 0.3) is 0 Å². The van der Waals surface area contributed by atoms with Crippen LogP contribution in [0.3, 0.4) is 0 Å². The maximum Gasteiger partial charge on any atom is 0.230 e. The van der Waals surface area contributed by atoms with Crippen LogP contribution in [-0.2, 0) is 9.59 Å². The second-order valence-corrected chi connectivity index (χ2v) is 6.64. The number of rotatable bonds is 1. The topological polar surface area (TPSA) is 46.2 Å². The van der Waals surface area contributed by atoms with E-state index in [2.05, 4.69) is 12.2 Å². The van der Waals surface area contributed by atoms with Crippen molar-refractivity contribution in [3.63, 3.8) is 0 Å². The molecule has 0 aromatic heterocycles. The zero-order valence-corrected chi connectivity index (χ0v) is 11.2. The van der Waals surface area contributed by atoms with E-state index in [0.717, 1.165) is 6.42 Å². The summed E-state index contributed by atoms with van der Waals surface area (Å²) in [5, 5.41) is 2.60. The molecule has 3 rings (SSSR count). The van der Waals surface area contributed by atoms with E-state index in [4.69, 9.17) is 0 Å². The summed E-state index contributed by atoms with van der Waals surface area (Å²) in [7, 11) is 0. The number of imide groups is 1. The highest BCUT2D eigenvalue weighted by Gasteiger charge is 2.55. The lowest BCUT2D eigenvalue weighted by Crippen LogP contribution is -2.55. The quantitative estimate of drug-likeness (QED) is 0.726. The predicted octanol–water partition coefficient (Wildman–Crippen LogP) is 2.65. The molecule has 3 fully saturated rings. The summed E-state index contributed by atoms with van der Waals surface area (Å²) in [4.78, 5) is 24.2. The second kappa shape index (κ2) is 4.36. The summed E-state index contributed by atoms with van der Waals surface area (Å²) in [6, 6.07) is 0. The first kappa shape index (κ1) is 12.2. The third-order valence-electron chi connectivity index (χ3n) is 5.79. The van der Waals surface area contributed by atoms with E-state index in [1.807, 2.05) is 0 Å². The molecular formula is C15H23NO2. The zero-order valence-electron chi connectivity index (χ0n) is 11.2. The molecule has 2 saturated carbocycles. The SMILES string of the molecule is CC1CCCC12CC(=O)NC(=O)C2C1CCCC1. The van der Waals surface area contributed by atoms with Crippen LogP contribution in [-0.4, -0.2) is 11.8 Å². The van der Waals surface area contributed by atoms with Crippen LogP contribution in [0.4, 0.5) is 0 Å². The number of piperidine rings is 1. The maximum atomic E-state index is 12.4. The van der Waals surface area contributed by atoms with Gasteiger partial charge in [-0.25, -0.2) is 0 Å². The van der Waals surface area contributed by atoms with Crippen molar-refractivity contribution in [2.75, 3.05) is 0 Å². The van der Waals surface area contributed by atoms with Gasteiger partial charge in [0.1, 0.15) is 0 Å². The summed E-state index contributed by atoms with van der Waals surface area (Å²) < 4.78 is 0. The molecule has 1 heterocycles. The molecule has 3 aliphatic rings. The Morgan fingerprint density at radius 1 is 1.11 bits per heavy atom. The fourth-order valence-electron chi connectivity index (χ4n) is 4.90.